The van der Waals surface area contributed by atoms with Crippen LogP contribution in [0.3, 0.4) is 0 Å². The van der Waals surface area contributed by atoms with Gasteiger partial charge >= 0.3 is 5.97 Å². The highest BCUT2D eigenvalue weighted by Crippen LogP contribution is 2.36. The van der Waals surface area contributed by atoms with E-state index in [1.165, 1.54) is 38.6 Å². The zero-order valence-corrected chi connectivity index (χ0v) is 13.7. The molecule has 2 N–H and O–H groups in total. The van der Waals surface area contributed by atoms with Gasteiger partial charge in [-0.25, -0.2) is 0 Å². The third-order valence-corrected chi connectivity index (χ3v) is 5.69. The van der Waals surface area contributed by atoms with Crippen LogP contribution in [0.4, 0.5) is 0 Å². The van der Waals surface area contributed by atoms with Gasteiger partial charge in [-0.2, -0.15) is 0 Å². The molecule has 122 valence electrons. The van der Waals surface area contributed by atoms with E-state index < -0.39 is 11.5 Å². The summed E-state index contributed by atoms with van der Waals surface area (Å²) < 4.78 is 0. The smallest absolute Gasteiger partial charge is 0.323 e. The molecule has 2 aliphatic rings. The Hall–Kier alpha value is -0.610. The minimum atomic E-state index is -0.723. The molecule has 1 saturated heterocycles. The standard InChI is InChI=1S/C17H32N2O2/c1-3-17(16(20)21,18-4-2)11-7-13-19-12-6-9-14-8-5-10-15(14)19/h14-15,18H,3-13H2,1-2H3,(H,20,21). The van der Waals surface area contributed by atoms with E-state index in [-0.39, 0.29) is 0 Å². The van der Waals surface area contributed by atoms with E-state index in [0.29, 0.717) is 13.0 Å². The van der Waals surface area contributed by atoms with Crippen LogP contribution >= 0.6 is 0 Å². The summed E-state index contributed by atoms with van der Waals surface area (Å²) in [6.07, 6.45) is 9.26. The number of piperidine rings is 1. The fourth-order valence-corrected chi connectivity index (χ4v) is 4.48. The van der Waals surface area contributed by atoms with E-state index in [9.17, 15) is 9.90 Å². The number of likely N-dealkylation sites (N-methyl/N-ethyl adjacent to an activating group) is 1. The third-order valence-electron chi connectivity index (χ3n) is 5.69. The minimum Gasteiger partial charge on any atom is -0.480 e. The van der Waals surface area contributed by atoms with Gasteiger partial charge in [-0.1, -0.05) is 20.3 Å². The molecule has 0 bridgehead atoms. The molecule has 21 heavy (non-hydrogen) atoms. The van der Waals surface area contributed by atoms with Crippen molar-refractivity contribution in [3.8, 4) is 0 Å². The summed E-state index contributed by atoms with van der Waals surface area (Å²) in [4.78, 5) is 14.3. The van der Waals surface area contributed by atoms with E-state index >= 15 is 0 Å². The summed E-state index contributed by atoms with van der Waals surface area (Å²) in [7, 11) is 0. The third kappa shape index (κ3) is 3.78. The van der Waals surface area contributed by atoms with Crippen molar-refractivity contribution in [1.29, 1.82) is 0 Å². The number of hydrogen-bond acceptors (Lipinski definition) is 3. The molecular weight excluding hydrogens is 264 g/mol. The van der Waals surface area contributed by atoms with Gasteiger partial charge in [0.2, 0.25) is 0 Å². The second-order valence-corrected chi connectivity index (χ2v) is 6.81. The van der Waals surface area contributed by atoms with Crippen LogP contribution in [-0.4, -0.2) is 47.2 Å². The summed E-state index contributed by atoms with van der Waals surface area (Å²) in [5.41, 5.74) is -0.723. The average molecular weight is 296 g/mol. The van der Waals surface area contributed by atoms with Crippen molar-refractivity contribution in [2.45, 2.75) is 76.8 Å². The van der Waals surface area contributed by atoms with Crippen molar-refractivity contribution < 1.29 is 9.90 Å². The predicted molar refractivity (Wildman–Crippen MR) is 85.5 cm³/mol. The van der Waals surface area contributed by atoms with Crippen molar-refractivity contribution in [2.75, 3.05) is 19.6 Å². The molecule has 3 atom stereocenters. The highest BCUT2D eigenvalue weighted by atomic mass is 16.4. The lowest BCUT2D eigenvalue weighted by molar-refractivity contribution is -0.145. The molecule has 1 heterocycles. The van der Waals surface area contributed by atoms with Crippen LogP contribution in [0.1, 0.15) is 65.2 Å². The number of hydrogen-bond donors (Lipinski definition) is 2. The molecule has 0 amide bonds. The summed E-state index contributed by atoms with van der Waals surface area (Å²) in [5, 5.41) is 12.8. The molecule has 1 aliphatic carbocycles. The number of carboxylic acid groups (broad SMARTS) is 1. The Morgan fingerprint density at radius 1 is 1.29 bits per heavy atom. The van der Waals surface area contributed by atoms with Crippen molar-refractivity contribution in [1.82, 2.24) is 10.2 Å². The lowest BCUT2D eigenvalue weighted by atomic mass is 9.88. The van der Waals surface area contributed by atoms with Crippen LogP contribution in [0.15, 0.2) is 0 Å². The van der Waals surface area contributed by atoms with E-state index in [0.717, 1.165) is 31.3 Å². The summed E-state index contributed by atoms with van der Waals surface area (Å²) in [6.45, 7) is 6.97. The number of likely N-dealkylation sites (tertiary alicyclic amines) is 1. The molecule has 4 nitrogen and oxygen atoms in total. The van der Waals surface area contributed by atoms with Gasteiger partial charge in [-0.05, 0) is 70.5 Å². The predicted octanol–water partition coefficient (Wildman–Crippen LogP) is 2.87. The van der Waals surface area contributed by atoms with Gasteiger partial charge in [0, 0.05) is 6.04 Å². The van der Waals surface area contributed by atoms with Crippen LogP contribution in [0.25, 0.3) is 0 Å². The normalized spacial score (nSPS) is 29.0. The van der Waals surface area contributed by atoms with Gasteiger partial charge in [-0.3, -0.25) is 4.79 Å². The Balaban J connectivity index is 1.85. The molecule has 1 aliphatic heterocycles. The summed E-state index contributed by atoms with van der Waals surface area (Å²) in [6, 6.07) is 0.790. The Labute approximate surface area is 129 Å². The molecule has 1 saturated carbocycles. The van der Waals surface area contributed by atoms with Gasteiger partial charge < -0.3 is 15.3 Å². The molecule has 2 fully saturated rings. The van der Waals surface area contributed by atoms with E-state index in [1.807, 2.05) is 13.8 Å². The SMILES string of the molecule is CCNC(CC)(CCCN1CCCC2CCCC21)C(=O)O. The van der Waals surface area contributed by atoms with Crippen LogP contribution in [0, 0.1) is 5.92 Å². The fraction of sp³-hybridized carbons (Fsp3) is 0.941. The molecule has 4 heteroatoms. The average Bonchev–Trinajstić information content (AvgIpc) is 2.95. The lowest BCUT2D eigenvalue weighted by Gasteiger charge is -2.38. The van der Waals surface area contributed by atoms with Gasteiger partial charge in [0.15, 0.2) is 0 Å². The number of carbonyl (C=O) groups is 1. The van der Waals surface area contributed by atoms with Crippen molar-refractivity contribution in [3.63, 3.8) is 0 Å². The second kappa shape index (κ2) is 7.59. The lowest BCUT2D eigenvalue weighted by Crippen LogP contribution is -2.52. The molecule has 0 radical (unpaired) electrons. The molecule has 0 aromatic rings. The Morgan fingerprint density at radius 3 is 2.71 bits per heavy atom. The number of aliphatic carboxylic acids is 1. The van der Waals surface area contributed by atoms with Crippen LogP contribution in [-0.2, 0) is 4.79 Å². The molecule has 0 aromatic carbocycles. The van der Waals surface area contributed by atoms with Crippen LogP contribution in [0.2, 0.25) is 0 Å². The summed E-state index contributed by atoms with van der Waals surface area (Å²) in [5.74, 6) is 0.229. The number of rotatable bonds is 8. The zero-order valence-electron chi connectivity index (χ0n) is 13.7. The van der Waals surface area contributed by atoms with Gasteiger partial charge in [0.05, 0.1) is 0 Å². The minimum absolute atomic E-state index is 0.655. The molecule has 3 unspecified atom stereocenters. The first-order valence-corrected chi connectivity index (χ1v) is 8.85. The fourth-order valence-electron chi connectivity index (χ4n) is 4.48. The van der Waals surface area contributed by atoms with Crippen LogP contribution in [0.5, 0.6) is 0 Å². The Morgan fingerprint density at radius 2 is 2.05 bits per heavy atom. The van der Waals surface area contributed by atoms with E-state index in [2.05, 4.69) is 10.2 Å². The van der Waals surface area contributed by atoms with Gasteiger partial charge in [-0.15, -0.1) is 0 Å². The molecule has 2 rings (SSSR count). The Kier molecular flexibility index (Phi) is 6.06. The van der Waals surface area contributed by atoms with E-state index in [4.69, 9.17) is 0 Å². The number of nitrogens with one attached hydrogen (secondary N) is 1. The summed E-state index contributed by atoms with van der Waals surface area (Å²) >= 11 is 0. The van der Waals surface area contributed by atoms with Crippen molar-refractivity contribution >= 4 is 5.97 Å². The molecule has 0 aromatic heterocycles. The number of carboxylic acids is 1. The monoisotopic (exact) mass is 296 g/mol. The van der Waals surface area contributed by atoms with Gasteiger partial charge in [0.25, 0.3) is 0 Å². The maximum atomic E-state index is 11.6. The zero-order chi connectivity index (χ0) is 15.3. The van der Waals surface area contributed by atoms with Gasteiger partial charge in [0.1, 0.15) is 5.54 Å². The highest BCUT2D eigenvalue weighted by molar-refractivity contribution is 5.78. The maximum absolute atomic E-state index is 11.6. The first-order chi connectivity index (χ1) is 10.1. The quantitative estimate of drug-likeness (QED) is 0.723. The first kappa shape index (κ1) is 16.8. The first-order valence-electron chi connectivity index (χ1n) is 8.85. The van der Waals surface area contributed by atoms with Crippen molar-refractivity contribution in [3.05, 3.63) is 0 Å². The largest absolute Gasteiger partial charge is 0.480 e. The second-order valence-electron chi connectivity index (χ2n) is 6.81. The molecule has 0 spiro atoms. The van der Waals surface area contributed by atoms with Crippen LogP contribution < -0.4 is 5.32 Å². The highest BCUT2D eigenvalue weighted by Gasteiger charge is 2.37. The topological polar surface area (TPSA) is 52.6 Å². The van der Waals surface area contributed by atoms with Crippen molar-refractivity contribution in [2.24, 2.45) is 5.92 Å². The molecular formula is C17H32N2O2. The van der Waals surface area contributed by atoms with E-state index in [1.54, 1.807) is 0 Å². The number of fused-ring (bicyclic) bond motifs is 1. The Bertz CT molecular complexity index is 348. The number of nitrogens with zero attached hydrogens (tertiary/aromatic N) is 1. The maximum Gasteiger partial charge on any atom is 0.323 e.